The molecule has 1 aromatic carbocycles. The average molecular weight is 326 g/mol. The molecule has 0 unspecified atom stereocenters. The van der Waals surface area contributed by atoms with Crippen molar-refractivity contribution < 1.29 is 14.3 Å². The van der Waals surface area contributed by atoms with Crippen molar-refractivity contribution in [1.29, 1.82) is 0 Å². The molecule has 24 heavy (non-hydrogen) atoms. The molecule has 1 aromatic rings. The van der Waals surface area contributed by atoms with E-state index >= 15 is 0 Å². The van der Waals surface area contributed by atoms with E-state index in [1.165, 1.54) is 0 Å². The predicted octanol–water partition coefficient (Wildman–Crippen LogP) is 4.43. The maximum Gasteiger partial charge on any atom is 0.177 e. The van der Waals surface area contributed by atoms with Crippen LogP contribution in [0.5, 0.6) is 11.5 Å². The first-order valence-electron chi connectivity index (χ1n) is 8.02. The average Bonchev–Trinajstić information content (AvgIpc) is 2.56. The zero-order valence-corrected chi connectivity index (χ0v) is 15.4. The van der Waals surface area contributed by atoms with E-state index in [1.54, 1.807) is 14.2 Å². The third-order valence-electron chi connectivity index (χ3n) is 3.93. The summed E-state index contributed by atoms with van der Waals surface area (Å²) in [5.74, 6) is 10.3. The molecule has 0 aliphatic carbocycles. The molecule has 0 N–H and O–H groups in total. The highest BCUT2D eigenvalue weighted by atomic mass is 16.5. The standard InChI is InChI=1S/C21H26O3/c1-8-21(4,5)12-10-9-11-17-16(14-22)13-18(15(2)3)20(24-7)19(17)23-6/h1,13-15H,10,12H2,2-7H3. The number of hydrogen-bond donors (Lipinski definition) is 0. The number of carbonyl (C=O) groups is 1. The molecule has 0 aliphatic heterocycles. The number of hydrogen-bond acceptors (Lipinski definition) is 3. The van der Waals surface area contributed by atoms with Crippen LogP contribution < -0.4 is 9.47 Å². The van der Waals surface area contributed by atoms with Gasteiger partial charge < -0.3 is 9.47 Å². The number of ether oxygens (including phenoxy) is 2. The molecule has 1 rings (SSSR count). The van der Waals surface area contributed by atoms with Crippen molar-refractivity contribution in [2.24, 2.45) is 5.41 Å². The van der Waals surface area contributed by atoms with E-state index in [2.05, 4.69) is 17.8 Å². The highest BCUT2D eigenvalue weighted by molar-refractivity contribution is 5.83. The summed E-state index contributed by atoms with van der Waals surface area (Å²) in [5, 5.41) is 0. The molecule has 0 aromatic heterocycles. The number of carbonyl (C=O) groups excluding carboxylic acids is 1. The molecule has 0 spiro atoms. The van der Waals surface area contributed by atoms with Gasteiger partial charge in [-0.05, 0) is 32.3 Å². The molecule has 0 saturated carbocycles. The first-order chi connectivity index (χ1) is 11.3. The van der Waals surface area contributed by atoms with Crippen LogP contribution in [0, 0.1) is 29.6 Å². The summed E-state index contributed by atoms with van der Waals surface area (Å²) in [5.41, 5.74) is 1.81. The van der Waals surface area contributed by atoms with Crippen LogP contribution >= 0.6 is 0 Å². The van der Waals surface area contributed by atoms with Crippen molar-refractivity contribution in [2.75, 3.05) is 14.2 Å². The molecule has 0 fully saturated rings. The second-order valence-corrected chi connectivity index (χ2v) is 6.60. The molecule has 128 valence electrons. The Labute approximate surface area is 145 Å². The van der Waals surface area contributed by atoms with Gasteiger partial charge in [0, 0.05) is 23.0 Å². The fourth-order valence-corrected chi connectivity index (χ4v) is 2.34. The number of rotatable bonds is 6. The third kappa shape index (κ3) is 4.56. The molecule has 0 aliphatic rings. The van der Waals surface area contributed by atoms with E-state index < -0.39 is 0 Å². The van der Waals surface area contributed by atoms with Crippen LogP contribution in [0.15, 0.2) is 6.07 Å². The van der Waals surface area contributed by atoms with Gasteiger partial charge in [0.15, 0.2) is 17.8 Å². The lowest BCUT2D eigenvalue weighted by molar-refractivity contribution is 0.112. The highest BCUT2D eigenvalue weighted by Gasteiger charge is 2.20. The van der Waals surface area contributed by atoms with Crippen molar-refractivity contribution in [3.8, 4) is 35.7 Å². The van der Waals surface area contributed by atoms with Gasteiger partial charge in [0.25, 0.3) is 0 Å². The maximum absolute atomic E-state index is 11.5. The summed E-state index contributed by atoms with van der Waals surface area (Å²) >= 11 is 0. The van der Waals surface area contributed by atoms with Gasteiger partial charge in [-0.25, -0.2) is 0 Å². The summed E-state index contributed by atoms with van der Waals surface area (Å²) in [4.78, 5) is 11.5. The molecule has 0 heterocycles. The van der Waals surface area contributed by atoms with E-state index in [0.29, 0.717) is 29.0 Å². The molecular formula is C21H26O3. The topological polar surface area (TPSA) is 35.5 Å². The van der Waals surface area contributed by atoms with Gasteiger partial charge in [0.05, 0.1) is 19.8 Å². The second kappa shape index (κ2) is 8.46. The Bertz CT molecular complexity index is 695. The van der Waals surface area contributed by atoms with E-state index in [0.717, 1.165) is 18.3 Å². The SMILES string of the molecule is C#CC(C)(C)CCC#Cc1c(C=O)cc(C(C)C)c(OC)c1OC. The minimum Gasteiger partial charge on any atom is -0.493 e. The van der Waals surface area contributed by atoms with Crippen LogP contribution in [0.2, 0.25) is 0 Å². The lowest BCUT2D eigenvalue weighted by Gasteiger charge is -2.18. The Hall–Kier alpha value is -2.39. The second-order valence-electron chi connectivity index (χ2n) is 6.60. The molecule has 0 amide bonds. The van der Waals surface area contributed by atoms with Gasteiger partial charge in [0.1, 0.15) is 0 Å². The summed E-state index contributed by atoms with van der Waals surface area (Å²) in [6.07, 6.45) is 7.74. The summed E-state index contributed by atoms with van der Waals surface area (Å²) in [6.45, 7) is 8.09. The van der Waals surface area contributed by atoms with Crippen molar-refractivity contribution in [2.45, 2.75) is 46.5 Å². The van der Waals surface area contributed by atoms with Crippen LogP contribution in [-0.2, 0) is 0 Å². The first-order valence-corrected chi connectivity index (χ1v) is 8.02. The fourth-order valence-electron chi connectivity index (χ4n) is 2.34. The summed E-state index contributed by atoms with van der Waals surface area (Å²) in [6, 6.07) is 1.83. The monoisotopic (exact) mass is 326 g/mol. The molecule has 0 atom stereocenters. The normalized spacial score (nSPS) is 10.6. The van der Waals surface area contributed by atoms with Crippen LogP contribution in [-0.4, -0.2) is 20.5 Å². The molecule has 0 saturated heterocycles. The van der Waals surface area contributed by atoms with Crippen molar-refractivity contribution in [1.82, 2.24) is 0 Å². The van der Waals surface area contributed by atoms with Gasteiger partial charge in [-0.3, -0.25) is 4.79 Å². The minimum absolute atomic E-state index is 0.189. The van der Waals surface area contributed by atoms with E-state index in [-0.39, 0.29) is 11.3 Å². The van der Waals surface area contributed by atoms with Crippen molar-refractivity contribution in [3.05, 3.63) is 22.8 Å². The van der Waals surface area contributed by atoms with E-state index in [4.69, 9.17) is 15.9 Å². The molecular weight excluding hydrogens is 300 g/mol. The Kier molecular flexibility index (Phi) is 6.93. The quantitative estimate of drug-likeness (QED) is 0.573. The Morgan fingerprint density at radius 2 is 1.88 bits per heavy atom. The number of benzene rings is 1. The zero-order chi connectivity index (χ0) is 18.3. The third-order valence-corrected chi connectivity index (χ3v) is 3.93. The van der Waals surface area contributed by atoms with Crippen LogP contribution in [0.25, 0.3) is 0 Å². The molecule has 0 bridgehead atoms. The Morgan fingerprint density at radius 3 is 2.33 bits per heavy atom. The van der Waals surface area contributed by atoms with E-state index in [9.17, 15) is 4.79 Å². The van der Waals surface area contributed by atoms with Gasteiger partial charge in [-0.2, -0.15) is 0 Å². The number of methoxy groups -OCH3 is 2. The number of aldehydes is 1. The predicted molar refractivity (Wildman–Crippen MR) is 97.7 cm³/mol. The summed E-state index contributed by atoms with van der Waals surface area (Å²) < 4.78 is 11.0. The van der Waals surface area contributed by atoms with Gasteiger partial charge >= 0.3 is 0 Å². The molecule has 3 heteroatoms. The van der Waals surface area contributed by atoms with Crippen LogP contribution in [0.4, 0.5) is 0 Å². The van der Waals surface area contributed by atoms with Gasteiger partial charge in [-0.1, -0.05) is 25.7 Å². The first kappa shape index (κ1) is 19.7. The highest BCUT2D eigenvalue weighted by Crippen LogP contribution is 2.39. The van der Waals surface area contributed by atoms with Crippen molar-refractivity contribution >= 4 is 6.29 Å². The molecule has 0 radical (unpaired) electrons. The molecule has 3 nitrogen and oxygen atoms in total. The van der Waals surface area contributed by atoms with Crippen LogP contribution in [0.3, 0.4) is 0 Å². The Morgan fingerprint density at radius 1 is 1.25 bits per heavy atom. The zero-order valence-electron chi connectivity index (χ0n) is 15.4. The lowest BCUT2D eigenvalue weighted by atomic mass is 9.89. The van der Waals surface area contributed by atoms with E-state index in [1.807, 2.05) is 33.8 Å². The number of terminal acetylenes is 1. The van der Waals surface area contributed by atoms with Crippen molar-refractivity contribution in [3.63, 3.8) is 0 Å². The lowest BCUT2D eigenvalue weighted by Crippen LogP contribution is -2.06. The van der Waals surface area contributed by atoms with Gasteiger partial charge in [-0.15, -0.1) is 12.3 Å². The smallest absolute Gasteiger partial charge is 0.177 e. The fraction of sp³-hybridized carbons (Fsp3) is 0.476. The van der Waals surface area contributed by atoms with Crippen LogP contribution in [0.1, 0.15) is 67.9 Å². The maximum atomic E-state index is 11.5. The Balaban J connectivity index is 3.33. The largest absolute Gasteiger partial charge is 0.493 e. The summed E-state index contributed by atoms with van der Waals surface area (Å²) in [7, 11) is 3.15. The van der Waals surface area contributed by atoms with Gasteiger partial charge in [0.2, 0.25) is 0 Å². The minimum atomic E-state index is -0.189.